The van der Waals surface area contributed by atoms with E-state index in [1.165, 1.54) is 0 Å². The quantitative estimate of drug-likeness (QED) is 0.897. The Labute approximate surface area is 135 Å². The van der Waals surface area contributed by atoms with Crippen molar-refractivity contribution in [3.05, 3.63) is 36.5 Å². The summed E-state index contributed by atoms with van der Waals surface area (Å²) in [6, 6.07) is 4.31. The summed E-state index contributed by atoms with van der Waals surface area (Å²) in [5, 5.41) is 0. The van der Waals surface area contributed by atoms with Gasteiger partial charge in [-0.25, -0.2) is 19.9 Å². The van der Waals surface area contributed by atoms with Gasteiger partial charge in [0.15, 0.2) is 0 Å². The molecule has 7 heteroatoms. The van der Waals surface area contributed by atoms with E-state index in [-0.39, 0.29) is 0 Å². The van der Waals surface area contributed by atoms with E-state index in [4.69, 9.17) is 5.73 Å². The first kappa shape index (κ1) is 14.3. The summed E-state index contributed by atoms with van der Waals surface area (Å²) in [6.45, 7) is 3.63. The van der Waals surface area contributed by atoms with Crippen LogP contribution in [0.3, 0.4) is 0 Å². The smallest absolute Gasteiger partial charge is 0.225 e. The van der Waals surface area contributed by atoms with Gasteiger partial charge in [-0.15, -0.1) is 0 Å². The van der Waals surface area contributed by atoms with E-state index in [9.17, 15) is 0 Å². The van der Waals surface area contributed by atoms with Crippen LogP contribution in [0.2, 0.25) is 0 Å². The lowest BCUT2D eigenvalue weighted by molar-refractivity contribution is 0.345. The Morgan fingerprint density at radius 3 is 2.30 bits per heavy atom. The van der Waals surface area contributed by atoms with Crippen molar-refractivity contribution in [2.75, 3.05) is 36.0 Å². The molecule has 0 atom stereocenters. The van der Waals surface area contributed by atoms with Gasteiger partial charge in [0, 0.05) is 62.3 Å². The lowest BCUT2D eigenvalue weighted by atomic mass is 9.78. The number of nitrogens with zero attached hydrogens (tertiary/aromatic N) is 6. The molecule has 3 heterocycles. The Morgan fingerprint density at radius 1 is 0.913 bits per heavy atom. The van der Waals surface area contributed by atoms with E-state index in [2.05, 4.69) is 35.8 Å². The van der Waals surface area contributed by atoms with Crippen LogP contribution in [0, 0.1) is 0 Å². The van der Waals surface area contributed by atoms with Crippen molar-refractivity contribution in [3.63, 3.8) is 0 Å². The van der Waals surface area contributed by atoms with E-state index in [1.54, 1.807) is 18.7 Å². The van der Waals surface area contributed by atoms with Gasteiger partial charge in [0.25, 0.3) is 0 Å². The molecule has 1 saturated carbocycles. The molecule has 0 aromatic carbocycles. The fourth-order valence-corrected chi connectivity index (χ4v) is 3.25. The van der Waals surface area contributed by atoms with Gasteiger partial charge in [0.2, 0.25) is 5.95 Å². The van der Waals surface area contributed by atoms with Gasteiger partial charge in [0.05, 0.1) is 0 Å². The lowest BCUT2D eigenvalue weighted by Crippen LogP contribution is -2.47. The molecule has 2 aromatic heterocycles. The summed E-state index contributed by atoms with van der Waals surface area (Å²) in [4.78, 5) is 22.0. The first-order valence-corrected chi connectivity index (χ1v) is 8.14. The summed E-state index contributed by atoms with van der Waals surface area (Å²) in [7, 11) is 0. The zero-order chi connectivity index (χ0) is 15.6. The van der Waals surface area contributed by atoms with Crippen LogP contribution in [-0.4, -0.2) is 52.2 Å². The Bertz CT molecular complexity index is 648. The number of anilines is 2. The van der Waals surface area contributed by atoms with Crippen molar-refractivity contribution >= 4 is 11.8 Å². The third-order valence-corrected chi connectivity index (χ3v) is 4.71. The number of hydrogen-bond acceptors (Lipinski definition) is 7. The highest BCUT2D eigenvalue weighted by Gasteiger charge is 2.29. The van der Waals surface area contributed by atoms with Crippen molar-refractivity contribution in [1.29, 1.82) is 0 Å². The largest absolute Gasteiger partial charge is 0.353 e. The number of piperazine rings is 1. The summed E-state index contributed by atoms with van der Waals surface area (Å²) in [6.07, 6.45) is 7.33. The second-order valence-electron chi connectivity index (χ2n) is 6.25. The number of hydrogen-bond donors (Lipinski definition) is 1. The minimum atomic E-state index is 0.341. The summed E-state index contributed by atoms with van der Waals surface area (Å²) in [5.74, 6) is 2.33. The van der Waals surface area contributed by atoms with E-state index in [0.29, 0.717) is 12.0 Å². The molecule has 7 nitrogen and oxygen atoms in total. The minimum Gasteiger partial charge on any atom is -0.353 e. The molecule has 1 aliphatic heterocycles. The van der Waals surface area contributed by atoms with Crippen molar-refractivity contribution in [2.24, 2.45) is 5.73 Å². The zero-order valence-corrected chi connectivity index (χ0v) is 13.0. The van der Waals surface area contributed by atoms with Gasteiger partial charge >= 0.3 is 0 Å². The van der Waals surface area contributed by atoms with Crippen LogP contribution < -0.4 is 15.5 Å². The molecule has 2 N–H and O–H groups in total. The zero-order valence-electron chi connectivity index (χ0n) is 13.0. The lowest BCUT2D eigenvalue weighted by Gasteiger charge is -2.36. The molecule has 0 radical (unpaired) electrons. The highest BCUT2D eigenvalue weighted by Crippen LogP contribution is 2.35. The Balaban J connectivity index is 1.41. The van der Waals surface area contributed by atoms with Crippen molar-refractivity contribution < 1.29 is 0 Å². The molecule has 0 amide bonds. The Kier molecular flexibility index (Phi) is 3.78. The van der Waals surface area contributed by atoms with Gasteiger partial charge < -0.3 is 15.5 Å². The summed E-state index contributed by atoms with van der Waals surface area (Å²) in [5.41, 5.74) is 7.02. The third kappa shape index (κ3) is 2.96. The molecule has 0 bridgehead atoms. The van der Waals surface area contributed by atoms with Crippen molar-refractivity contribution in [1.82, 2.24) is 19.9 Å². The maximum absolute atomic E-state index is 5.89. The maximum Gasteiger partial charge on any atom is 0.225 e. The SMILES string of the molecule is NC1CC(c2cc(N3CCN(c4ncccn4)CC3)ncn2)C1. The molecule has 1 aliphatic carbocycles. The van der Waals surface area contributed by atoms with Crippen LogP contribution in [-0.2, 0) is 0 Å². The fourth-order valence-electron chi connectivity index (χ4n) is 3.25. The van der Waals surface area contributed by atoms with E-state index in [1.807, 2.05) is 6.07 Å². The molecule has 0 unspecified atom stereocenters. The van der Waals surface area contributed by atoms with E-state index < -0.39 is 0 Å². The standard InChI is InChI=1S/C16H21N7/c17-13-8-12(9-13)14-10-15(21-11-20-14)22-4-6-23(7-5-22)16-18-2-1-3-19-16/h1-3,10-13H,4-9,17H2. The predicted molar refractivity (Wildman–Crippen MR) is 88.4 cm³/mol. The van der Waals surface area contributed by atoms with Gasteiger partial charge in [-0.3, -0.25) is 0 Å². The van der Waals surface area contributed by atoms with E-state index >= 15 is 0 Å². The molecule has 0 spiro atoms. The highest BCUT2D eigenvalue weighted by atomic mass is 15.3. The summed E-state index contributed by atoms with van der Waals surface area (Å²) < 4.78 is 0. The molecule has 2 fully saturated rings. The Morgan fingerprint density at radius 2 is 1.61 bits per heavy atom. The van der Waals surface area contributed by atoms with E-state index in [0.717, 1.165) is 56.5 Å². The first-order chi connectivity index (χ1) is 11.3. The molecule has 23 heavy (non-hydrogen) atoms. The van der Waals surface area contributed by atoms with Crippen LogP contribution in [0.5, 0.6) is 0 Å². The monoisotopic (exact) mass is 311 g/mol. The number of nitrogens with two attached hydrogens (primary N) is 1. The fraction of sp³-hybridized carbons (Fsp3) is 0.500. The molecular weight excluding hydrogens is 290 g/mol. The van der Waals surface area contributed by atoms with Crippen LogP contribution in [0.15, 0.2) is 30.9 Å². The molecule has 2 aromatic rings. The molecule has 4 rings (SSSR count). The van der Waals surface area contributed by atoms with Gasteiger partial charge in [-0.2, -0.15) is 0 Å². The molecular formula is C16H21N7. The maximum atomic E-state index is 5.89. The van der Waals surface area contributed by atoms with Gasteiger partial charge in [-0.05, 0) is 18.9 Å². The normalized spacial score (nSPS) is 24.4. The van der Waals surface area contributed by atoms with Crippen molar-refractivity contribution in [2.45, 2.75) is 24.8 Å². The summed E-state index contributed by atoms with van der Waals surface area (Å²) >= 11 is 0. The average molecular weight is 311 g/mol. The van der Waals surface area contributed by atoms with Crippen LogP contribution in [0.1, 0.15) is 24.5 Å². The topological polar surface area (TPSA) is 84.1 Å². The Hall–Kier alpha value is -2.28. The molecule has 2 aliphatic rings. The first-order valence-electron chi connectivity index (χ1n) is 8.14. The van der Waals surface area contributed by atoms with Crippen molar-refractivity contribution in [3.8, 4) is 0 Å². The second kappa shape index (κ2) is 6.08. The highest BCUT2D eigenvalue weighted by molar-refractivity contribution is 5.43. The molecule has 120 valence electrons. The number of rotatable bonds is 3. The third-order valence-electron chi connectivity index (χ3n) is 4.71. The van der Waals surface area contributed by atoms with Crippen LogP contribution >= 0.6 is 0 Å². The van der Waals surface area contributed by atoms with Crippen LogP contribution in [0.25, 0.3) is 0 Å². The van der Waals surface area contributed by atoms with Gasteiger partial charge in [0.1, 0.15) is 12.1 Å². The predicted octanol–water partition coefficient (Wildman–Crippen LogP) is 0.798. The number of aromatic nitrogens is 4. The van der Waals surface area contributed by atoms with Gasteiger partial charge in [-0.1, -0.05) is 0 Å². The molecule has 1 saturated heterocycles. The average Bonchev–Trinajstić information content (AvgIpc) is 2.60. The van der Waals surface area contributed by atoms with Crippen LogP contribution in [0.4, 0.5) is 11.8 Å². The minimum absolute atomic E-state index is 0.341. The second-order valence-corrected chi connectivity index (χ2v) is 6.25.